The summed E-state index contributed by atoms with van der Waals surface area (Å²) >= 11 is 3.41. The maximum Gasteiger partial charge on any atom is 0.124 e. The van der Waals surface area contributed by atoms with E-state index in [9.17, 15) is 4.39 Å². The first kappa shape index (κ1) is 13.7. The fraction of sp³-hybridized carbons (Fsp3) is 0.538. The Morgan fingerprint density at radius 3 is 2.69 bits per heavy atom. The SMILES string of the molecule is CCCC(Cc1ccc(F)cc1Br)NCC. The van der Waals surface area contributed by atoms with Gasteiger partial charge in [-0.2, -0.15) is 0 Å². The summed E-state index contributed by atoms with van der Waals surface area (Å²) in [6.45, 7) is 5.27. The summed E-state index contributed by atoms with van der Waals surface area (Å²) < 4.78 is 13.8. The van der Waals surface area contributed by atoms with Crippen molar-refractivity contribution in [3.63, 3.8) is 0 Å². The predicted octanol–water partition coefficient (Wildman–Crippen LogP) is 3.91. The van der Waals surface area contributed by atoms with Gasteiger partial charge in [0.2, 0.25) is 0 Å². The first-order chi connectivity index (χ1) is 7.67. The molecule has 1 aromatic rings. The minimum absolute atomic E-state index is 0.189. The van der Waals surface area contributed by atoms with Crippen LogP contribution in [0.4, 0.5) is 4.39 Å². The maximum absolute atomic E-state index is 12.9. The van der Waals surface area contributed by atoms with E-state index in [4.69, 9.17) is 0 Å². The molecule has 0 saturated heterocycles. The van der Waals surface area contributed by atoms with Gasteiger partial charge in [0.25, 0.3) is 0 Å². The van der Waals surface area contributed by atoms with E-state index >= 15 is 0 Å². The molecule has 16 heavy (non-hydrogen) atoms. The Balaban J connectivity index is 2.68. The third-order valence-corrected chi connectivity index (χ3v) is 3.35. The van der Waals surface area contributed by atoms with Gasteiger partial charge in [0.05, 0.1) is 0 Å². The standard InChI is InChI=1S/C13H19BrFN/c1-3-5-12(16-4-2)8-10-6-7-11(15)9-13(10)14/h6-7,9,12,16H,3-5,8H2,1-2H3. The van der Waals surface area contributed by atoms with Crippen molar-refractivity contribution in [1.82, 2.24) is 5.32 Å². The van der Waals surface area contributed by atoms with Crippen LogP contribution in [0.3, 0.4) is 0 Å². The second-order valence-electron chi connectivity index (χ2n) is 3.98. The van der Waals surface area contributed by atoms with E-state index in [1.165, 1.54) is 17.7 Å². The monoisotopic (exact) mass is 287 g/mol. The maximum atomic E-state index is 12.9. The van der Waals surface area contributed by atoms with Crippen LogP contribution >= 0.6 is 15.9 Å². The number of nitrogens with one attached hydrogen (secondary N) is 1. The van der Waals surface area contributed by atoms with E-state index in [0.29, 0.717) is 6.04 Å². The molecular weight excluding hydrogens is 269 g/mol. The molecule has 0 aliphatic rings. The van der Waals surface area contributed by atoms with Gasteiger partial charge in [-0.25, -0.2) is 4.39 Å². The van der Waals surface area contributed by atoms with Crippen LogP contribution in [0, 0.1) is 5.82 Å². The molecule has 0 bridgehead atoms. The highest BCUT2D eigenvalue weighted by atomic mass is 79.9. The van der Waals surface area contributed by atoms with Crippen molar-refractivity contribution < 1.29 is 4.39 Å². The molecule has 0 amide bonds. The van der Waals surface area contributed by atoms with Crippen molar-refractivity contribution in [2.75, 3.05) is 6.54 Å². The lowest BCUT2D eigenvalue weighted by Crippen LogP contribution is -2.30. The van der Waals surface area contributed by atoms with Gasteiger partial charge in [-0.05, 0) is 37.1 Å². The molecule has 1 nitrogen and oxygen atoms in total. The van der Waals surface area contributed by atoms with E-state index in [1.807, 2.05) is 6.07 Å². The first-order valence-electron chi connectivity index (χ1n) is 5.84. The molecule has 1 rings (SSSR count). The van der Waals surface area contributed by atoms with Gasteiger partial charge >= 0.3 is 0 Å². The van der Waals surface area contributed by atoms with Crippen LogP contribution in [0.1, 0.15) is 32.3 Å². The molecular formula is C13H19BrFN. The summed E-state index contributed by atoms with van der Waals surface area (Å²) in [6.07, 6.45) is 3.26. The second-order valence-corrected chi connectivity index (χ2v) is 4.84. The van der Waals surface area contributed by atoms with Crippen molar-refractivity contribution in [2.24, 2.45) is 0 Å². The first-order valence-corrected chi connectivity index (χ1v) is 6.64. The summed E-state index contributed by atoms with van der Waals surface area (Å²) in [5, 5.41) is 3.46. The van der Waals surface area contributed by atoms with Crippen molar-refractivity contribution in [2.45, 2.75) is 39.2 Å². The largest absolute Gasteiger partial charge is 0.314 e. The molecule has 0 heterocycles. The molecule has 1 atom stereocenters. The molecule has 1 N–H and O–H groups in total. The lowest BCUT2D eigenvalue weighted by atomic mass is 10.0. The molecule has 0 spiro atoms. The van der Waals surface area contributed by atoms with Gasteiger partial charge in [-0.1, -0.05) is 42.3 Å². The average Bonchev–Trinajstić information content (AvgIpc) is 2.23. The lowest BCUT2D eigenvalue weighted by molar-refractivity contribution is 0.485. The number of likely N-dealkylation sites (N-methyl/N-ethyl adjacent to an activating group) is 1. The Hall–Kier alpha value is -0.410. The van der Waals surface area contributed by atoms with Crippen molar-refractivity contribution in [1.29, 1.82) is 0 Å². The molecule has 0 fully saturated rings. The highest BCUT2D eigenvalue weighted by molar-refractivity contribution is 9.10. The van der Waals surface area contributed by atoms with Gasteiger partial charge < -0.3 is 5.32 Å². The third-order valence-electron chi connectivity index (χ3n) is 2.61. The van der Waals surface area contributed by atoms with E-state index in [-0.39, 0.29) is 5.82 Å². The zero-order chi connectivity index (χ0) is 12.0. The molecule has 0 radical (unpaired) electrons. The van der Waals surface area contributed by atoms with Crippen LogP contribution in [0.5, 0.6) is 0 Å². The Kier molecular flexibility index (Phi) is 5.99. The topological polar surface area (TPSA) is 12.0 Å². The Bertz CT molecular complexity index is 322. The number of benzene rings is 1. The Morgan fingerprint density at radius 1 is 1.38 bits per heavy atom. The molecule has 0 aliphatic carbocycles. The summed E-state index contributed by atoms with van der Waals surface area (Å²) in [7, 11) is 0. The smallest absolute Gasteiger partial charge is 0.124 e. The van der Waals surface area contributed by atoms with Gasteiger partial charge in [0.1, 0.15) is 5.82 Å². The average molecular weight is 288 g/mol. The Labute approximate surface area is 106 Å². The number of halogens is 2. The lowest BCUT2D eigenvalue weighted by Gasteiger charge is -2.17. The molecule has 90 valence electrons. The summed E-state index contributed by atoms with van der Waals surface area (Å²) in [4.78, 5) is 0. The number of rotatable bonds is 6. The fourth-order valence-corrected chi connectivity index (χ4v) is 2.38. The van der Waals surface area contributed by atoms with Gasteiger partial charge in [-0.15, -0.1) is 0 Å². The van der Waals surface area contributed by atoms with E-state index in [1.54, 1.807) is 0 Å². The van der Waals surface area contributed by atoms with Gasteiger partial charge in [0, 0.05) is 10.5 Å². The summed E-state index contributed by atoms with van der Waals surface area (Å²) in [6, 6.07) is 5.40. The number of hydrogen-bond acceptors (Lipinski definition) is 1. The summed E-state index contributed by atoms with van der Waals surface area (Å²) in [5.41, 5.74) is 1.17. The van der Waals surface area contributed by atoms with Crippen LogP contribution < -0.4 is 5.32 Å². The zero-order valence-electron chi connectivity index (χ0n) is 9.89. The Morgan fingerprint density at radius 2 is 2.12 bits per heavy atom. The highest BCUT2D eigenvalue weighted by Gasteiger charge is 2.09. The van der Waals surface area contributed by atoms with E-state index < -0.39 is 0 Å². The normalized spacial score (nSPS) is 12.8. The highest BCUT2D eigenvalue weighted by Crippen LogP contribution is 2.20. The molecule has 0 aromatic heterocycles. The third kappa shape index (κ3) is 4.22. The van der Waals surface area contributed by atoms with Crippen LogP contribution in [-0.2, 0) is 6.42 Å². The predicted molar refractivity (Wildman–Crippen MR) is 70.2 cm³/mol. The molecule has 1 unspecified atom stereocenters. The van der Waals surface area contributed by atoms with Crippen LogP contribution in [-0.4, -0.2) is 12.6 Å². The van der Waals surface area contributed by atoms with E-state index in [2.05, 4.69) is 35.1 Å². The van der Waals surface area contributed by atoms with Crippen LogP contribution in [0.15, 0.2) is 22.7 Å². The molecule has 3 heteroatoms. The molecule has 0 saturated carbocycles. The van der Waals surface area contributed by atoms with E-state index in [0.717, 1.165) is 30.3 Å². The minimum Gasteiger partial charge on any atom is -0.314 e. The van der Waals surface area contributed by atoms with Crippen molar-refractivity contribution in [3.8, 4) is 0 Å². The second kappa shape index (κ2) is 7.02. The quantitative estimate of drug-likeness (QED) is 0.837. The van der Waals surface area contributed by atoms with Crippen LogP contribution in [0.2, 0.25) is 0 Å². The van der Waals surface area contributed by atoms with Crippen molar-refractivity contribution in [3.05, 3.63) is 34.1 Å². The molecule has 1 aromatic carbocycles. The number of hydrogen-bond donors (Lipinski definition) is 1. The van der Waals surface area contributed by atoms with Gasteiger partial charge in [-0.3, -0.25) is 0 Å². The zero-order valence-corrected chi connectivity index (χ0v) is 11.5. The fourth-order valence-electron chi connectivity index (χ4n) is 1.87. The van der Waals surface area contributed by atoms with Crippen molar-refractivity contribution >= 4 is 15.9 Å². The molecule has 0 aliphatic heterocycles. The van der Waals surface area contributed by atoms with Crippen LogP contribution in [0.25, 0.3) is 0 Å². The minimum atomic E-state index is -0.189. The summed E-state index contributed by atoms with van der Waals surface area (Å²) in [5.74, 6) is -0.189. The van der Waals surface area contributed by atoms with Gasteiger partial charge in [0.15, 0.2) is 0 Å².